The number of halogens is 2. The van der Waals surface area contributed by atoms with Gasteiger partial charge in [0.15, 0.2) is 0 Å². The van der Waals surface area contributed by atoms with E-state index in [0.29, 0.717) is 23.4 Å². The van der Waals surface area contributed by atoms with Crippen LogP contribution in [0, 0.1) is 5.82 Å². The molecule has 4 heteroatoms. The molecule has 0 aliphatic carbocycles. The molecular formula is C22H19ClFNO. The normalized spacial score (nSPS) is 10.7. The van der Waals surface area contributed by atoms with Gasteiger partial charge in [0.25, 0.3) is 0 Å². The molecule has 1 heterocycles. The largest absolute Gasteiger partial charge is 0.299 e. The molecule has 0 bridgehead atoms. The number of carbonyl (C=O) groups is 1. The van der Waals surface area contributed by atoms with E-state index in [1.165, 1.54) is 12.1 Å². The average Bonchev–Trinajstić information content (AvgIpc) is 2.65. The summed E-state index contributed by atoms with van der Waals surface area (Å²) in [5.41, 5.74) is 3.37. The summed E-state index contributed by atoms with van der Waals surface area (Å²) in [6.45, 7) is 0. The smallest absolute Gasteiger partial charge is 0.137 e. The summed E-state index contributed by atoms with van der Waals surface area (Å²) >= 11 is 5.95. The molecule has 0 unspecified atom stereocenters. The Labute approximate surface area is 157 Å². The number of aryl methyl sites for hydroxylation is 1. The van der Waals surface area contributed by atoms with Crippen LogP contribution in [0.4, 0.5) is 4.39 Å². The summed E-state index contributed by atoms with van der Waals surface area (Å²) in [7, 11) is 0. The molecule has 0 saturated carbocycles. The van der Waals surface area contributed by atoms with Crippen LogP contribution in [0.15, 0.2) is 67.0 Å². The maximum absolute atomic E-state index is 13.9. The van der Waals surface area contributed by atoms with Crippen molar-refractivity contribution in [3.05, 3.63) is 89.0 Å². The Morgan fingerprint density at radius 3 is 2.58 bits per heavy atom. The predicted molar refractivity (Wildman–Crippen MR) is 103 cm³/mol. The Kier molecular flexibility index (Phi) is 6.13. The molecule has 132 valence electrons. The topological polar surface area (TPSA) is 30.0 Å². The molecule has 0 aliphatic rings. The van der Waals surface area contributed by atoms with Gasteiger partial charge in [-0.3, -0.25) is 9.78 Å². The molecule has 3 aromatic rings. The van der Waals surface area contributed by atoms with Crippen molar-refractivity contribution >= 4 is 17.4 Å². The van der Waals surface area contributed by atoms with E-state index in [0.717, 1.165) is 29.5 Å². The van der Waals surface area contributed by atoms with Gasteiger partial charge in [0.2, 0.25) is 0 Å². The molecule has 0 radical (unpaired) electrons. The van der Waals surface area contributed by atoms with Crippen molar-refractivity contribution < 1.29 is 9.18 Å². The Morgan fingerprint density at radius 1 is 1.04 bits per heavy atom. The van der Waals surface area contributed by atoms with Crippen molar-refractivity contribution in [1.29, 1.82) is 0 Å². The maximum atomic E-state index is 13.9. The zero-order valence-corrected chi connectivity index (χ0v) is 15.0. The zero-order chi connectivity index (χ0) is 18.4. The third-order valence-electron chi connectivity index (χ3n) is 4.24. The lowest BCUT2D eigenvalue weighted by Gasteiger charge is -2.06. The van der Waals surface area contributed by atoms with Crippen LogP contribution in [-0.4, -0.2) is 10.8 Å². The average molecular weight is 368 g/mol. The van der Waals surface area contributed by atoms with Gasteiger partial charge in [-0.1, -0.05) is 41.9 Å². The number of benzene rings is 2. The van der Waals surface area contributed by atoms with E-state index in [2.05, 4.69) is 4.98 Å². The first-order valence-corrected chi connectivity index (χ1v) is 8.94. The van der Waals surface area contributed by atoms with Gasteiger partial charge in [-0.2, -0.15) is 0 Å². The molecule has 0 amide bonds. The predicted octanol–water partition coefficient (Wildman–Crippen LogP) is 5.68. The van der Waals surface area contributed by atoms with Gasteiger partial charge in [0.1, 0.15) is 11.6 Å². The Balaban J connectivity index is 1.53. The summed E-state index contributed by atoms with van der Waals surface area (Å²) in [6, 6.07) is 16.0. The lowest BCUT2D eigenvalue weighted by Crippen LogP contribution is -2.03. The third-order valence-corrected chi connectivity index (χ3v) is 4.47. The molecule has 2 nitrogen and oxygen atoms in total. The van der Waals surface area contributed by atoms with Crippen molar-refractivity contribution in [3.8, 4) is 11.1 Å². The molecule has 0 atom stereocenters. The highest BCUT2D eigenvalue weighted by molar-refractivity contribution is 6.30. The van der Waals surface area contributed by atoms with E-state index in [-0.39, 0.29) is 11.6 Å². The number of nitrogens with zero attached hydrogens (tertiary/aromatic N) is 1. The number of pyridine rings is 1. The fourth-order valence-corrected chi connectivity index (χ4v) is 3.05. The fourth-order valence-electron chi connectivity index (χ4n) is 2.88. The number of Topliss-reactive ketones (excluding diaryl/α,β-unsaturated/α-hetero) is 1. The van der Waals surface area contributed by atoms with Crippen LogP contribution in [0.25, 0.3) is 11.1 Å². The fraction of sp³-hybridized carbons (Fsp3) is 0.182. The van der Waals surface area contributed by atoms with E-state index in [1.807, 2.05) is 36.4 Å². The van der Waals surface area contributed by atoms with Crippen molar-refractivity contribution in [1.82, 2.24) is 4.98 Å². The molecule has 1 aromatic heterocycles. The van der Waals surface area contributed by atoms with Gasteiger partial charge in [0, 0.05) is 35.8 Å². The molecule has 0 aliphatic heterocycles. The van der Waals surface area contributed by atoms with Crippen molar-refractivity contribution in [3.63, 3.8) is 0 Å². The van der Waals surface area contributed by atoms with Gasteiger partial charge in [-0.05, 0) is 53.8 Å². The second kappa shape index (κ2) is 8.72. The maximum Gasteiger partial charge on any atom is 0.137 e. The first-order valence-electron chi connectivity index (χ1n) is 8.57. The van der Waals surface area contributed by atoms with Gasteiger partial charge in [0.05, 0.1) is 0 Å². The number of hydrogen-bond donors (Lipinski definition) is 0. The molecule has 26 heavy (non-hydrogen) atoms. The summed E-state index contributed by atoms with van der Waals surface area (Å²) in [5, 5.41) is 0.512. The van der Waals surface area contributed by atoms with Crippen molar-refractivity contribution in [2.75, 3.05) is 0 Å². The number of carbonyl (C=O) groups excluding carboxylic acids is 1. The van der Waals surface area contributed by atoms with E-state index >= 15 is 0 Å². The highest BCUT2D eigenvalue weighted by atomic mass is 35.5. The minimum Gasteiger partial charge on any atom is -0.299 e. The summed E-state index contributed by atoms with van der Waals surface area (Å²) < 4.78 is 13.9. The van der Waals surface area contributed by atoms with Crippen LogP contribution in [-0.2, 0) is 17.6 Å². The first-order chi connectivity index (χ1) is 12.6. The van der Waals surface area contributed by atoms with E-state index in [4.69, 9.17) is 11.6 Å². The quantitative estimate of drug-likeness (QED) is 0.538. The number of hydrogen-bond acceptors (Lipinski definition) is 2. The lowest BCUT2D eigenvalue weighted by atomic mass is 10.00. The minimum absolute atomic E-state index is 0.218. The molecular weight excluding hydrogens is 349 g/mol. The van der Waals surface area contributed by atoms with Crippen LogP contribution in [0.1, 0.15) is 24.0 Å². The van der Waals surface area contributed by atoms with Crippen molar-refractivity contribution in [2.24, 2.45) is 0 Å². The van der Waals surface area contributed by atoms with Gasteiger partial charge in [-0.25, -0.2) is 4.39 Å². The Bertz CT molecular complexity index is 878. The highest BCUT2D eigenvalue weighted by Gasteiger charge is 2.07. The number of ketones is 1. The van der Waals surface area contributed by atoms with Crippen LogP contribution in [0.3, 0.4) is 0 Å². The second-order valence-electron chi connectivity index (χ2n) is 6.25. The third kappa shape index (κ3) is 4.99. The summed E-state index contributed by atoms with van der Waals surface area (Å²) in [4.78, 5) is 16.1. The van der Waals surface area contributed by atoms with Crippen molar-refractivity contribution in [2.45, 2.75) is 25.7 Å². The van der Waals surface area contributed by atoms with E-state index < -0.39 is 0 Å². The molecule has 0 spiro atoms. The van der Waals surface area contributed by atoms with Gasteiger partial charge < -0.3 is 0 Å². The lowest BCUT2D eigenvalue weighted by molar-refractivity contribution is -0.118. The van der Waals surface area contributed by atoms with Gasteiger partial charge in [-0.15, -0.1) is 0 Å². The standard InChI is InChI=1S/C22H19ClFNO/c23-19-10-11-22(24)21(14-19)18-8-6-16(7-9-18)3-1-5-20(26)13-17-4-2-12-25-15-17/h2,4,6-12,14-15H,1,3,5,13H2. The SMILES string of the molecule is O=C(CCCc1ccc(-c2cc(Cl)ccc2F)cc1)Cc1cccnc1. The first kappa shape index (κ1) is 18.3. The molecule has 3 rings (SSSR count). The number of rotatable bonds is 7. The van der Waals surface area contributed by atoms with Crippen LogP contribution >= 0.6 is 11.6 Å². The Morgan fingerprint density at radius 2 is 1.85 bits per heavy atom. The highest BCUT2D eigenvalue weighted by Crippen LogP contribution is 2.26. The van der Waals surface area contributed by atoms with Gasteiger partial charge >= 0.3 is 0 Å². The monoisotopic (exact) mass is 367 g/mol. The molecule has 0 saturated heterocycles. The van der Waals surface area contributed by atoms with Crippen LogP contribution < -0.4 is 0 Å². The number of aromatic nitrogens is 1. The van der Waals surface area contributed by atoms with Crippen LogP contribution in [0.5, 0.6) is 0 Å². The second-order valence-corrected chi connectivity index (χ2v) is 6.69. The minimum atomic E-state index is -0.289. The molecule has 0 fully saturated rings. The molecule has 0 N–H and O–H groups in total. The van der Waals surface area contributed by atoms with E-state index in [9.17, 15) is 9.18 Å². The Hall–Kier alpha value is -2.52. The zero-order valence-electron chi connectivity index (χ0n) is 14.3. The van der Waals surface area contributed by atoms with E-state index in [1.54, 1.807) is 18.5 Å². The molecule has 2 aromatic carbocycles. The summed E-state index contributed by atoms with van der Waals surface area (Å²) in [5.74, 6) is -0.0706. The summed E-state index contributed by atoms with van der Waals surface area (Å²) in [6.07, 6.45) is 6.01. The van der Waals surface area contributed by atoms with Crippen LogP contribution in [0.2, 0.25) is 5.02 Å².